The lowest BCUT2D eigenvalue weighted by Gasteiger charge is -2.33. The summed E-state index contributed by atoms with van der Waals surface area (Å²) >= 11 is 0.771. The molecular weight excluding hydrogens is 502 g/mol. The third kappa shape index (κ3) is 6.49. The molecule has 2 aromatic carbocycles. The first-order chi connectivity index (χ1) is 17.8. The van der Waals surface area contributed by atoms with Crippen molar-refractivity contribution in [2.45, 2.75) is 59.0 Å². The highest BCUT2D eigenvalue weighted by Crippen LogP contribution is 2.34. The Morgan fingerprint density at radius 3 is 2.08 bits per heavy atom. The van der Waals surface area contributed by atoms with E-state index in [0.717, 1.165) is 17.1 Å². The summed E-state index contributed by atoms with van der Waals surface area (Å²) < 4.78 is 9.57. The van der Waals surface area contributed by atoms with Crippen molar-refractivity contribution in [1.29, 1.82) is 0 Å². The van der Waals surface area contributed by atoms with Gasteiger partial charge in [-0.1, -0.05) is 38.1 Å². The molecule has 0 aliphatic carbocycles. The molecule has 1 aromatic heterocycles. The minimum absolute atomic E-state index is 0.0197. The Morgan fingerprint density at radius 2 is 1.61 bits per heavy atom. The molecule has 0 aliphatic heterocycles. The van der Waals surface area contributed by atoms with E-state index in [1.165, 1.54) is 4.90 Å². The lowest BCUT2D eigenvalue weighted by Crippen LogP contribution is -2.49. The highest BCUT2D eigenvalue weighted by Gasteiger charge is 2.37. The van der Waals surface area contributed by atoms with Gasteiger partial charge in [0.25, 0.3) is 11.8 Å². The average molecular weight is 538 g/mol. The number of primary amides is 1. The lowest BCUT2D eigenvalue weighted by atomic mass is 9.99. The van der Waals surface area contributed by atoms with E-state index in [0.29, 0.717) is 23.6 Å². The van der Waals surface area contributed by atoms with Crippen LogP contribution in [0.15, 0.2) is 48.5 Å². The third-order valence-corrected chi connectivity index (χ3v) is 6.57. The Bertz CT molecular complexity index is 1290. The molecule has 0 radical (unpaired) electrons. The van der Waals surface area contributed by atoms with Crippen LogP contribution >= 0.6 is 11.5 Å². The van der Waals surface area contributed by atoms with Crippen LogP contribution < -0.4 is 26.4 Å². The van der Waals surface area contributed by atoms with Crippen LogP contribution in [0.1, 0.15) is 84.8 Å². The zero-order valence-electron chi connectivity index (χ0n) is 22.6. The number of hydrogen-bond acceptors (Lipinski definition) is 7. The van der Waals surface area contributed by atoms with Gasteiger partial charge in [-0.25, -0.2) is 0 Å². The van der Waals surface area contributed by atoms with Crippen LogP contribution in [0.4, 0.5) is 11.4 Å². The number of benzene rings is 2. The Kier molecular flexibility index (Phi) is 8.78. The number of rotatable bonds is 9. The number of carbonyl (C=O) groups is 3. The molecule has 5 N–H and O–H groups in total. The Hall–Kier alpha value is -3.92. The van der Waals surface area contributed by atoms with Gasteiger partial charge >= 0.3 is 0 Å². The Labute approximate surface area is 227 Å². The number of nitrogen functional groups attached to an aromatic ring is 1. The molecule has 0 fully saturated rings. The van der Waals surface area contributed by atoms with E-state index in [1.807, 2.05) is 39.8 Å². The van der Waals surface area contributed by atoms with E-state index in [4.69, 9.17) is 16.2 Å². The van der Waals surface area contributed by atoms with Crippen molar-refractivity contribution >= 4 is 40.6 Å². The smallest absolute Gasteiger partial charge is 0.273 e. The quantitative estimate of drug-likeness (QED) is 0.363. The predicted octanol–water partition coefficient (Wildman–Crippen LogP) is 4.65. The van der Waals surface area contributed by atoms with E-state index in [9.17, 15) is 14.4 Å². The first-order valence-corrected chi connectivity index (χ1v) is 13.1. The number of nitrogens with one attached hydrogen (secondary N) is 1. The molecule has 0 saturated carbocycles. The number of nitrogens with two attached hydrogens (primary N) is 2. The van der Waals surface area contributed by atoms with Crippen molar-refractivity contribution in [2.75, 3.05) is 17.2 Å². The number of anilines is 2. The number of ether oxygens (including phenoxy) is 1. The van der Waals surface area contributed by atoms with E-state index in [1.54, 1.807) is 36.4 Å². The van der Waals surface area contributed by atoms with Crippen LogP contribution in [0.5, 0.6) is 5.75 Å². The molecule has 1 atom stereocenters. The van der Waals surface area contributed by atoms with Crippen LogP contribution in [0, 0.1) is 0 Å². The largest absolute Gasteiger partial charge is 0.494 e. The molecule has 3 amide bonds. The summed E-state index contributed by atoms with van der Waals surface area (Å²) in [6.45, 7) is 12.1. The van der Waals surface area contributed by atoms with Gasteiger partial charge in [0.15, 0.2) is 5.69 Å². The Balaban J connectivity index is 2.23. The summed E-state index contributed by atoms with van der Waals surface area (Å²) in [5, 5.41) is 3.00. The summed E-state index contributed by atoms with van der Waals surface area (Å²) in [7, 11) is 0. The minimum Gasteiger partial charge on any atom is -0.494 e. The number of nitrogens with zero attached hydrogens (tertiary/aromatic N) is 2. The summed E-state index contributed by atoms with van der Waals surface area (Å²) in [4.78, 5) is 41.2. The maximum Gasteiger partial charge on any atom is 0.273 e. The van der Waals surface area contributed by atoms with Gasteiger partial charge in [0.05, 0.1) is 12.3 Å². The van der Waals surface area contributed by atoms with Gasteiger partial charge in [0.1, 0.15) is 16.7 Å². The van der Waals surface area contributed by atoms with E-state index in [-0.39, 0.29) is 28.1 Å². The van der Waals surface area contributed by atoms with Crippen molar-refractivity contribution in [2.24, 2.45) is 5.73 Å². The normalized spacial score (nSPS) is 12.2. The number of carbonyl (C=O) groups excluding carboxylic acids is 3. The summed E-state index contributed by atoms with van der Waals surface area (Å²) in [6.07, 6.45) is 0. The van der Waals surface area contributed by atoms with Crippen LogP contribution in [0.2, 0.25) is 0 Å². The van der Waals surface area contributed by atoms with Gasteiger partial charge in [0, 0.05) is 11.2 Å². The molecule has 9 nitrogen and oxygen atoms in total. The van der Waals surface area contributed by atoms with Crippen molar-refractivity contribution in [3.05, 3.63) is 70.2 Å². The predicted molar refractivity (Wildman–Crippen MR) is 151 cm³/mol. The van der Waals surface area contributed by atoms with Crippen molar-refractivity contribution in [3.8, 4) is 5.75 Å². The van der Waals surface area contributed by atoms with Crippen LogP contribution in [0.3, 0.4) is 0 Å². The van der Waals surface area contributed by atoms with Gasteiger partial charge in [-0.3, -0.25) is 19.3 Å². The van der Waals surface area contributed by atoms with Gasteiger partial charge in [-0.05, 0) is 80.5 Å². The van der Waals surface area contributed by atoms with Crippen LogP contribution in [-0.2, 0) is 4.79 Å². The molecule has 38 heavy (non-hydrogen) atoms. The number of aromatic nitrogens is 1. The second kappa shape index (κ2) is 11.6. The van der Waals surface area contributed by atoms with Crippen LogP contribution in [-0.4, -0.2) is 34.2 Å². The number of amides is 3. The Morgan fingerprint density at radius 1 is 1.03 bits per heavy atom. The molecule has 10 heteroatoms. The topological polar surface area (TPSA) is 141 Å². The van der Waals surface area contributed by atoms with E-state index < -0.39 is 23.4 Å². The standard InChI is InChI=1S/C28H35N5O4S/c1-7-37-20-14-10-18(11-15-20)23(26(35)31-28(4,5)6)33(19-12-8-17(9-13-19)16(2)3)27(36)24-21(29)22(25(30)34)32-38-24/h8-16,23H,7,29H2,1-6H3,(H2,30,34)(H,31,35)/t23-/m0/s1. The summed E-state index contributed by atoms with van der Waals surface area (Å²) in [6, 6.07) is 13.4. The third-order valence-electron chi connectivity index (χ3n) is 5.72. The van der Waals surface area contributed by atoms with Crippen molar-refractivity contribution in [3.63, 3.8) is 0 Å². The fourth-order valence-electron chi connectivity index (χ4n) is 3.91. The maximum atomic E-state index is 14.1. The van der Waals surface area contributed by atoms with Crippen molar-refractivity contribution in [1.82, 2.24) is 9.69 Å². The zero-order valence-corrected chi connectivity index (χ0v) is 23.4. The van der Waals surface area contributed by atoms with Crippen LogP contribution in [0.25, 0.3) is 0 Å². The molecule has 1 heterocycles. The maximum absolute atomic E-state index is 14.1. The van der Waals surface area contributed by atoms with E-state index >= 15 is 0 Å². The number of hydrogen-bond donors (Lipinski definition) is 3. The molecule has 0 bridgehead atoms. The van der Waals surface area contributed by atoms with Gasteiger partial charge < -0.3 is 21.5 Å². The van der Waals surface area contributed by atoms with Gasteiger partial charge in [-0.2, -0.15) is 4.37 Å². The molecule has 0 aliphatic rings. The van der Waals surface area contributed by atoms with Crippen molar-refractivity contribution < 1.29 is 19.1 Å². The molecule has 3 aromatic rings. The lowest BCUT2D eigenvalue weighted by molar-refractivity contribution is -0.123. The molecule has 0 unspecified atom stereocenters. The molecule has 0 saturated heterocycles. The SMILES string of the molecule is CCOc1ccc([C@@H](C(=O)NC(C)(C)C)N(C(=O)c2snc(C(N)=O)c2N)c2ccc(C(C)C)cc2)cc1. The van der Waals surface area contributed by atoms with Gasteiger partial charge in [-0.15, -0.1) is 0 Å². The minimum atomic E-state index is -1.07. The highest BCUT2D eigenvalue weighted by molar-refractivity contribution is 7.09. The average Bonchev–Trinajstić information content (AvgIpc) is 3.23. The molecule has 3 rings (SSSR count). The molecule has 202 valence electrons. The highest BCUT2D eigenvalue weighted by atomic mass is 32.1. The first kappa shape index (κ1) is 28.6. The molecule has 0 spiro atoms. The fourth-order valence-corrected chi connectivity index (χ4v) is 4.65. The monoisotopic (exact) mass is 537 g/mol. The fraction of sp³-hybridized carbons (Fsp3) is 0.357. The second-order valence-corrected chi connectivity index (χ2v) is 11.0. The first-order valence-electron chi connectivity index (χ1n) is 12.4. The molecular formula is C28H35N5O4S. The zero-order chi connectivity index (χ0) is 28.2. The summed E-state index contributed by atoms with van der Waals surface area (Å²) in [5.41, 5.74) is 12.8. The van der Waals surface area contributed by atoms with Gasteiger partial charge in [0.2, 0.25) is 5.91 Å². The second-order valence-electron chi connectivity index (χ2n) is 10.2. The summed E-state index contributed by atoms with van der Waals surface area (Å²) in [5.74, 6) is -0.883. The van der Waals surface area contributed by atoms with E-state index in [2.05, 4.69) is 23.5 Å².